The Morgan fingerprint density at radius 3 is 2.42 bits per heavy atom. The van der Waals surface area contributed by atoms with Gasteiger partial charge in [0.05, 0.1) is 23.0 Å². The Bertz CT molecular complexity index is 1360. The maximum atomic E-state index is 9.59. The number of nitrogens with zero attached hydrogens (tertiary/aromatic N) is 4. The minimum absolute atomic E-state index is 0.352. The number of fused-ring (bicyclic) bond motifs is 3. The van der Waals surface area contributed by atoms with Gasteiger partial charge in [0.1, 0.15) is 11.7 Å². The topological polar surface area (TPSA) is 54.0 Å². The van der Waals surface area contributed by atoms with Gasteiger partial charge >= 0.3 is 0 Å². The van der Waals surface area contributed by atoms with Crippen LogP contribution in [0.25, 0.3) is 28.1 Å². The van der Waals surface area contributed by atoms with Crippen LogP contribution in [0.1, 0.15) is 17.3 Å². The summed E-state index contributed by atoms with van der Waals surface area (Å²) in [6.07, 6.45) is 1.81. The number of hydrogen-bond acceptors (Lipinski definition) is 3. The number of nitriles is 1. The fraction of sp³-hybridized carbons (Fsp3) is 0.0385. The third-order valence-electron chi connectivity index (χ3n) is 5.36. The molecule has 31 heavy (non-hydrogen) atoms. The van der Waals surface area contributed by atoms with Crippen molar-refractivity contribution in [2.45, 2.75) is 6.04 Å². The maximum absolute atomic E-state index is 9.59. The first-order valence-corrected chi connectivity index (χ1v) is 10.2. The summed E-state index contributed by atoms with van der Waals surface area (Å²) >= 11 is 6.17. The highest BCUT2D eigenvalue weighted by atomic mass is 35.5. The van der Waals surface area contributed by atoms with E-state index < -0.39 is 6.04 Å². The zero-order valence-corrected chi connectivity index (χ0v) is 17.3. The third kappa shape index (κ3) is 3.26. The van der Waals surface area contributed by atoms with E-state index in [9.17, 15) is 5.26 Å². The summed E-state index contributed by atoms with van der Waals surface area (Å²) in [4.78, 5) is 4.69. The third-order valence-corrected chi connectivity index (χ3v) is 5.61. The second-order valence-corrected chi connectivity index (χ2v) is 7.70. The van der Waals surface area contributed by atoms with E-state index in [1.165, 1.54) is 0 Å². The molecule has 0 amide bonds. The summed E-state index contributed by atoms with van der Waals surface area (Å²) in [5.74, 6) is 0. The monoisotopic (exact) mass is 420 g/mol. The van der Waals surface area contributed by atoms with Crippen molar-refractivity contribution in [1.29, 1.82) is 5.26 Å². The van der Waals surface area contributed by atoms with Crippen LogP contribution in [0.15, 0.2) is 96.0 Å². The first kappa shape index (κ1) is 19.0. The van der Waals surface area contributed by atoms with Crippen LogP contribution in [0.2, 0.25) is 5.02 Å². The lowest BCUT2D eigenvalue weighted by Crippen LogP contribution is -2.02. The fourth-order valence-electron chi connectivity index (χ4n) is 3.90. The highest BCUT2D eigenvalue weighted by molar-refractivity contribution is 6.30. The number of benzene rings is 3. The lowest BCUT2D eigenvalue weighted by molar-refractivity contribution is 0.783. The van der Waals surface area contributed by atoms with Gasteiger partial charge in [-0.1, -0.05) is 72.8 Å². The zero-order chi connectivity index (χ0) is 21.4. The average molecular weight is 421 g/mol. The van der Waals surface area contributed by atoms with Crippen LogP contribution in [-0.2, 0) is 0 Å². The molecule has 1 atom stereocenters. The Morgan fingerprint density at radius 2 is 1.68 bits per heavy atom. The van der Waals surface area contributed by atoms with Gasteiger partial charge < -0.3 is 0 Å². The molecule has 0 aliphatic carbocycles. The molecule has 0 N–H and O–H groups in total. The van der Waals surface area contributed by atoms with Crippen molar-refractivity contribution >= 4 is 17.8 Å². The smallest absolute Gasteiger partial charge is 0.129 e. The molecule has 0 saturated heterocycles. The highest BCUT2D eigenvalue weighted by Crippen LogP contribution is 2.44. The van der Waals surface area contributed by atoms with E-state index in [2.05, 4.69) is 23.7 Å². The van der Waals surface area contributed by atoms with E-state index >= 15 is 0 Å². The molecule has 4 nitrogen and oxygen atoms in total. The number of halogens is 1. The molecule has 2 heterocycles. The van der Waals surface area contributed by atoms with E-state index in [1.54, 1.807) is 0 Å². The minimum Gasteiger partial charge on any atom is -0.277 e. The van der Waals surface area contributed by atoms with Gasteiger partial charge in [0.2, 0.25) is 0 Å². The molecule has 1 aliphatic rings. The van der Waals surface area contributed by atoms with Gasteiger partial charge in [-0.25, -0.2) is 4.68 Å². The summed E-state index contributed by atoms with van der Waals surface area (Å²) in [6, 6.07) is 27.3. The standard InChI is InChI=1S/C26H17ClN4/c1-17(15-28)24-25-23(22-10-6-5-7-19(22)16-29-24)26(18-11-13-20(27)14-12-18)31(30-25)21-8-3-2-4-9-21/h2-14,16,24H,1H2. The maximum Gasteiger partial charge on any atom is 0.129 e. The van der Waals surface area contributed by atoms with Gasteiger partial charge in [0.15, 0.2) is 0 Å². The Hall–Kier alpha value is -3.94. The zero-order valence-electron chi connectivity index (χ0n) is 16.5. The van der Waals surface area contributed by atoms with Crippen LogP contribution >= 0.6 is 11.6 Å². The molecule has 4 aromatic rings. The molecular weight excluding hydrogens is 404 g/mol. The van der Waals surface area contributed by atoms with Crippen molar-refractivity contribution in [2.24, 2.45) is 4.99 Å². The largest absolute Gasteiger partial charge is 0.277 e. The van der Waals surface area contributed by atoms with Crippen molar-refractivity contribution in [1.82, 2.24) is 9.78 Å². The second kappa shape index (κ2) is 7.71. The average Bonchev–Trinajstić information content (AvgIpc) is 3.12. The molecule has 0 bridgehead atoms. The van der Waals surface area contributed by atoms with Crippen molar-refractivity contribution in [3.05, 3.63) is 107 Å². The van der Waals surface area contributed by atoms with Gasteiger partial charge in [-0.3, -0.25) is 4.99 Å². The Morgan fingerprint density at radius 1 is 0.968 bits per heavy atom. The normalized spacial score (nSPS) is 14.3. The summed E-state index contributed by atoms with van der Waals surface area (Å²) in [5.41, 5.74) is 6.81. The lowest BCUT2D eigenvalue weighted by atomic mass is 9.93. The minimum atomic E-state index is -0.552. The second-order valence-electron chi connectivity index (χ2n) is 7.27. The van der Waals surface area contributed by atoms with Crippen LogP contribution < -0.4 is 0 Å². The molecule has 0 saturated carbocycles. The van der Waals surface area contributed by atoms with E-state index in [4.69, 9.17) is 16.7 Å². The first-order valence-electron chi connectivity index (χ1n) is 9.83. The molecule has 1 unspecified atom stereocenters. The van der Waals surface area contributed by atoms with E-state index in [1.807, 2.05) is 83.7 Å². The number of para-hydroxylation sites is 1. The fourth-order valence-corrected chi connectivity index (χ4v) is 4.03. The van der Waals surface area contributed by atoms with Gasteiger partial charge in [-0.2, -0.15) is 10.4 Å². The van der Waals surface area contributed by atoms with E-state index in [0.29, 0.717) is 16.3 Å². The van der Waals surface area contributed by atoms with Gasteiger partial charge in [-0.15, -0.1) is 0 Å². The van der Waals surface area contributed by atoms with Crippen LogP contribution in [0.3, 0.4) is 0 Å². The number of aromatic nitrogens is 2. The molecule has 0 fully saturated rings. The van der Waals surface area contributed by atoms with Crippen LogP contribution in [-0.4, -0.2) is 16.0 Å². The number of rotatable bonds is 3. The molecule has 0 radical (unpaired) electrons. The van der Waals surface area contributed by atoms with Crippen LogP contribution in [0.5, 0.6) is 0 Å². The molecular formula is C26H17ClN4. The summed E-state index contributed by atoms with van der Waals surface area (Å²) in [7, 11) is 0. The molecule has 0 spiro atoms. The van der Waals surface area contributed by atoms with Gasteiger partial charge in [0, 0.05) is 27.9 Å². The Kier molecular flexibility index (Phi) is 4.74. The highest BCUT2D eigenvalue weighted by Gasteiger charge is 2.30. The van der Waals surface area contributed by atoms with Crippen molar-refractivity contribution in [3.8, 4) is 34.1 Å². The van der Waals surface area contributed by atoms with Crippen molar-refractivity contribution in [2.75, 3.05) is 0 Å². The van der Waals surface area contributed by atoms with E-state index in [0.717, 1.165) is 33.6 Å². The predicted octanol–water partition coefficient (Wildman–Crippen LogP) is 6.41. The van der Waals surface area contributed by atoms with Crippen LogP contribution in [0, 0.1) is 11.3 Å². The molecule has 5 heteroatoms. The molecule has 1 aromatic heterocycles. The van der Waals surface area contributed by atoms with E-state index in [-0.39, 0.29) is 0 Å². The van der Waals surface area contributed by atoms with Gasteiger partial charge in [-0.05, 0) is 29.8 Å². The quantitative estimate of drug-likeness (QED) is 0.359. The molecule has 5 rings (SSSR count). The Balaban J connectivity index is 1.90. The number of aliphatic imine (C=N–C) groups is 1. The lowest BCUT2D eigenvalue weighted by Gasteiger charge is -2.12. The van der Waals surface area contributed by atoms with Crippen molar-refractivity contribution in [3.63, 3.8) is 0 Å². The summed E-state index contributed by atoms with van der Waals surface area (Å²) in [6.45, 7) is 3.95. The summed E-state index contributed by atoms with van der Waals surface area (Å²) < 4.78 is 1.92. The molecule has 3 aromatic carbocycles. The number of hydrogen-bond donors (Lipinski definition) is 0. The Labute approximate surface area is 185 Å². The van der Waals surface area contributed by atoms with Gasteiger partial charge in [0.25, 0.3) is 0 Å². The molecule has 148 valence electrons. The predicted molar refractivity (Wildman–Crippen MR) is 125 cm³/mol. The SMILES string of the molecule is C=C(C#N)C1N=Cc2ccccc2-c2c1nn(-c1ccccc1)c2-c1ccc(Cl)cc1. The summed E-state index contributed by atoms with van der Waals surface area (Å²) in [5, 5.41) is 15.2. The molecule has 1 aliphatic heterocycles. The van der Waals surface area contributed by atoms with Crippen molar-refractivity contribution < 1.29 is 0 Å². The van der Waals surface area contributed by atoms with Crippen LogP contribution in [0.4, 0.5) is 0 Å². The first-order chi connectivity index (χ1) is 15.2.